The number of carbonyl (C=O) groups excluding carboxylic acids is 1. The standard InChI is InChI=1S/C16H11BrO/c1-10(18)12-7-4-8-14-15(17)9-11-5-2-3-6-13(11)16(12)14/h2-9H,1H3. The summed E-state index contributed by atoms with van der Waals surface area (Å²) in [6.45, 7) is 1.62. The predicted molar refractivity (Wildman–Crippen MR) is 79.2 cm³/mol. The monoisotopic (exact) mass is 298 g/mol. The average molecular weight is 299 g/mol. The zero-order valence-corrected chi connectivity index (χ0v) is 11.5. The second kappa shape index (κ2) is 4.21. The summed E-state index contributed by atoms with van der Waals surface area (Å²) in [5.74, 6) is 0.101. The van der Waals surface area contributed by atoms with Gasteiger partial charge in [-0.2, -0.15) is 0 Å². The molecule has 0 aliphatic rings. The van der Waals surface area contributed by atoms with Crippen molar-refractivity contribution in [2.75, 3.05) is 0 Å². The smallest absolute Gasteiger partial charge is 0.160 e. The van der Waals surface area contributed by atoms with Gasteiger partial charge in [-0.25, -0.2) is 0 Å². The van der Waals surface area contributed by atoms with Crippen LogP contribution in [0, 0.1) is 0 Å². The van der Waals surface area contributed by atoms with E-state index in [0.29, 0.717) is 0 Å². The van der Waals surface area contributed by atoms with E-state index in [4.69, 9.17) is 0 Å². The molecule has 0 N–H and O–H groups in total. The molecule has 0 aromatic heterocycles. The van der Waals surface area contributed by atoms with Crippen LogP contribution in [0.3, 0.4) is 0 Å². The highest BCUT2D eigenvalue weighted by atomic mass is 79.9. The molecule has 0 amide bonds. The minimum Gasteiger partial charge on any atom is -0.294 e. The summed E-state index contributed by atoms with van der Waals surface area (Å²) >= 11 is 3.59. The maximum atomic E-state index is 11.8. The van der Waals surface area contributed by atoms with Gasteiger partial charge in [0.25, 0.3) is 0 Å². The van der Waals surface area contributed by atoms with Gasteiger partial charge in [-0.05, 0) is 29.1 Å². The molecule has 0 radical (unpaired) electrons. The highest BCUT2D eigenvalue weighted by Crippen LogP contribution is 2.34. The van der Waals surface area contributed by atoms with Crippen LogP contribution in [0.15, 0.2) is 53.0 Å². The fraction of sp³-hybridized carbons (Fsp3) is 0.0625. The van der Waals surface area contributed by atoms with E-state index in [1.807, 2.05) is 30.3 Å². The van der Waals surface area contributed by atoms with Gasteiger partial charge in [0.05, 0.1) is 0 Å². The lowest BCUT2D eigenvalue weighted by atomic mass is 9.96. The van der Waals surface area contributed by atoms with E-state index in [9.17, 15) is 4.79 Å². The maximum absolute atomic E-state index is 11.8. The molecule has 18 heavy (non-hydrogen) atoms. The molecule has 0 fully saturated rings. The number of ketones is 1. The van der Waals surface area contributed by atoms with Gasteiger partial charge in [0.2, 0.25) is 0 Å². The second-order valence-corrected chi connectivity index (χ2v) is 5.22. The first-order valence-corrected chi connectivity index (χ1v) is 6.58. The van der Waals surface area contributed by atoms with Gasteiger partial charge < -0.3 is 0 Å². The van der Waals surface area contributed by atoms with E-state index in [2.05, 4.69) is 34.1 Å². The van der Waals surface area contributed by atoms with Crippen molar-refractivity contribution in [3.63, 3.8) is 0 Å². The van der Waals surface area contributed by atoms with E-state index in [0.717, 1.165) is 31.6 Å². The molecule has 0 heterocycles. The number of fused-ring (bicyclic) bond motifs is 3. The minimum absolute atomic E-state index is 0.101. The molecule has 88 valence electrons. The lowest BCUT2D eigenvalue weighted by molar-refractivity contribution is 0.101. The van der Waals surface area contributed by atoms with Crippen molar-refractivity contribution >= 4 is 43.3 Å². The number of halogens is 1. The van der Waals surface area contributed by atoms with Gasteiger partial charge in [-0.15, -0.1) is 0 Å². The second-order valence-electron chi connectivity index (χ2n) is 4.36. The van der Waals surface area contributed by atoms with Crippen LogP contribution in [-0.2, 0) is 0 Å². The van der Waals surface area contributed by atoms with Gasteiger partial charge >= 0.3 is 0 Å². The fourth-order valence-electron chi connectivity index (χ4n) is 2.40. The topological polar surface area (TPSA) is 17.1 Å². The van der Waals surface area contributed by atoms with Crippen molar-refractivity contribution in [3.8, 4) is 0 Å². The van der Waals surface area contributed by atoms with Crippen molar-refractivity contribution in [3.05, 3.63) is 58.6 Å². The summed E-state index contributed by atoms with van der Waals surface area (Å²) in [4.78, 5) is 11.8. The van der Waals surface area contributed by atoms with E-state index < -0.39 is 0 Å². The Labute approximate surface area is 114 Å². The van der Waals surface area contributed by atoms with Crippen molar-refractivity contribution < 1.29 is 4.79 Å². The summed E-state index contributed by atoms with van der Waals surface area (Å²) in [5, 5.41) is 4.39. The molecule has 0 atom stereocenters. The van der Waals surface area contributed by atoms with Crippen LogP contribution in [0.25, 0.3) is 21.5 Å². The van der Waals surface area contributed by atoms with Gasteiger partial charge in [-0.3, -0.25) is 4.79 Å². The van der Waals surface area contributed by atoms with Crippen molar-refractivity contribution in [2.24, 2.45) is 0 Å². The molecule has 3 aromatic rings. The van der Waals surface area contributed by atoms with E-state index in [1.54, 1.807) is 6.92 Å². The molecule has 2 heteroatoms. The van der Waals surface area contributed by atoms with Crippen LogP contribution in [0.5, 0.6) is 0 Å². The lowest BCUT2D eigenvalue weighted by Crippen LogP contribution is -1.94. The molecule has 1 nitrogen and oxygen atoms in total. The van der Waals surface area contributed by atoms with Crippen LogP contribution in [0.2, 0.25) is 0 Å². The largest absolute Gasteiger partial charge is 0.294 e. The molecule has 0 saturated heterocycles. The summed E-state index contributed by atoms with van der Waals surface area (Å²) in [7, 11) is 0. The zero-order valence-electron chi connectivity index (χ0n) is 9.91. The molecule has 0 aliphatic heterocycles. The first-order valence-electron chi connectivity index (χ1n) is 5.79. The number of rotatable bonds is 1. The molecular weight excluding hydrogens is 288 g/mol. The number of hydrogen-bond donors (Lipinski definition) is 0. The lowest BCUT2D eigenvalue weighted by Gasteiger charge is -2.09. The fourth-order valence-corrected chi connectivity index (χ4v) is 2.98. The summed E-state index contributed by atoms with van der Waals surface area (Å²) in [6, 6.07) is 16.1. The van der Waals surface area contributed by atoms with Gasteiger partial charge in [0.15, 0.2) is 5.78 Å². The number of hydrogen-bond acceptors (Lipinski definition) is 1. The van der Waals surface area contributed by atoms with Gasteiger partial charge in [-0.1, -0.05) is 58.4 Å². The predicted octanol–water partition coefficient (Wildman–Crippen LogP) is 4.96. The van der Waals surface area contributed by atoms with E-state index in [1.165, 1.54) is 0 Å². The normalized spacial score (nSPS) is 11.0. The highest BCUT2D eigenvalue weighted by molar-refractivity contribution is 9.10. The van der Waals surface area contributed by atoms with E-state index in [-0.39, 0.29) is 5.78 Å². The number of Topliss-reactive ketones (excluding diaryl/α,β-unsaturated/α-hetero) is 1. The molecule has 3 aromatic carbocycles. The Kier molecular flexibility index (Phi) is 2.67. The minimum atomic E-state index is 0.101. The first kappa shape index (κ1) is 11.4. The first-order chi connectivity index (χ1) is 8.68. The van der Waals surface area contributed by atoms with E-state index >= 15 is 0 Å². The molecule has 0 spiro atoms. The van der Waals surface area contributed by atoms with Crippen LogP contribution < -0.4 is 0 Å². The summed E-state index contributed by atoms with van der Waals surface area (Å²) in [6.07, 6.45) is 0. The Morgan fingerprint density at radius 1 is 1.00 bits per heavy atom. The van der Waals surface area contributed by atoms with Gasteiger partial charge in [0.1, 0.15) is 0 Å². The summed E-state index contributed by atoms with van der Waals surface area (Å²) in [5.41, 5.74) is 0.782. The van der Waals surface area contributed by atoms with Crippen LogP contribution in [-0.4, -0.2) is 5.78 Å². The molecule has 3 rings (SSSR count). The Morgan fingerprint density at radius 2 is 1.72 bits per heavy atom. The quantitative estimate of drug-likeness (QED) is 0.458. The third-order valence-corrected chi connectivity index (χ3v) is 3.87. The Balaban J connectivity index is 2.64. The molecule has 0 saturated carbocycles. The third kappa shape index (κ3) is 1.65. The Morgan fingerprint density at radius 3 is 2.50 bits per heavy atom. The van der Waals surface area contributed by atoms with Gasteiger partial charge in [0, 0.05) is 15.4 Å². The molecule has 0 unspecified atom stereocenters. The van der Waals surface area contributed by atoms with Crippen LogP contribution in [0.1, 0.15) is 17.3 Å². The number of benzene rings is 3. The number of carbonyl (C=O) groups is 1. The van der Waals surface area contributed by atoms with Crippen molar-refractivity contribution in [1.29, 1.82) is 0 Å². The Hall–Kier alpha value is -1.67. The Bertz CT molecular complexity index is 774. The molecule has 0 bridgehead atoms. The zero-order chi connectivity index (χ0) is 12.7. The third-order valence-electron chi connectivity index (χ3n) is 3.21. The van der Waals surface area contributed by atoms with Crippen molar-refractivity contribution in [1.82, 2.24) is 0 Å². The molecule has 0 aliphatic carbocycles. The maximum Gasteiger partial charge on any atom is 0.160 e. The highest BCUT2D eigenvalue weighted by Gasteiger charge is 2.11. The molecular formula is C16H11BrO. The van der Waals surface area contributed by atoms with Crippen LogP contribution >= 0.6 is 15.9 Å². The average Bonchev–Trinajstić information content (AvgIpc) is 2.38. The van der Waals surface area contributed by atoms with Crippen LogP contribution in [0.4, 0.5) is 0 Å². The SMILES string of the molecule is CC(=O)c1cccc2c(Br)cc3ccccc3c12. The van der Waals surface area contributed by atoms with Crippen molar-refractivity contribution in [2.45, 2.75) is 6.92 Å². The summed E-state index contributed by atoms with van der Waals surface area (Å²) < 4.78 is 1.03.